The van der Waals surface area contributed by atoms with E-state index >= 15 is 0 Å². The van der Waals surface area contributed by atoms with E-state index in [-0.39, 0.29) is 0 Å². The van der Waals surface area contributed by atoms with E-state index in [2.05, 4.69) is 38.1 Å². The summed E-state index contributed by atoms with van der Waals surface area (Å²) >= 11 is 0. The van der Waals surface area contributed by atoms with Gasteiger partial charge in [-0.2, -0.15) is 0 Å². The number of nitrogens with zero attached hydrogens (tertiary/aromatic N) is 1. The van der Waals surface area contributed by atoms with Gasteiger partial charge < -0.3 is 10.0 Å². The van der Waals surface area contributed by atoms with Crippen molar-refractivity contribution in [2.45, 2.75) is 155 Å². The minimum atomic E-state index is -0.661. The van der Waals surface area contributed by atoms with Gasteiger partial charge in [-0.1, -0.05) is 115 Å². The van der Waals surface area contributed by atoms with E-state index in [0.29, 0.717) is 6.42 Å². The Kier molecular flexibility index (Phi) is 26.1. The van der Waals surface area contributed by atoms with E-state index in [1.165, 1.54) is 135 Å². The van der Waals surface area contributed by atoms with E-state index in [9.17, 15) is 4.79 Å². The standard InChI is InChI=1S/C31H61NO2/c1-4-5-6-20-23-26-30(29-32(2)3)27-24-21-18-16-14-12-10-8-7-9-11-13-15-17-19-22-25-28-31(33)34/h9,11,30H,4-8,10,12-29H2,1-3H3,(H,33,34)/b11-9-. The van der Waals surface area contributed by atoms with Crippen molar-refractivity contribution in [3.05, 3.63) is 12.2 Å². The van der Waals surface area contributed by atoms with Crippen LogP contribution in [-0.2, 0) is 4.79 Å². The molecule has 1 atom stereocenters. The molecule has 0 aromatic heterocycles. The van der Waals surface area contributed by atoms with Crippen LogP contribution in [0.3, 0.4) is 0 Å². The van der Waals surface area contributed by atoms with E-state index in [1.54, 1.807) is 0 Å². The zero-order chi connectivity index (χ0) is 25.1. The first-order valence-corrected chi connectivity index (χ1v) is 15.1. The average Bonchev–Trinajstić information content (AvgIpc) is 2.79. The van der Waals surface area contributed by atoms with Crippen molar-refractivity contribution in [1.82, 2.24) is 4.90 Å². The highest BCUT2D eigenvalue weighted by atomic mass is 16.4. The predicted octanol–water partition coefficient (Wildman–Crippen LogP) is 9.80. The minimum absolute atomic E-state index is 0.330. The molecule has 0 radical (unpaired) electrons. The van der Waals surface area contributed by atoms with E-state index in [1.807, 2.05) is 0 Å². The second-order valence-electron chi connectivity index (χ2n) is 10.9. The number of carboxylic acid groups (broad SMARTS) is 1. The van der Waals surface area contributed by atoms with Gasteiger partial charge in [-0.3, -0.25) is 4.79 Å². The Morgan fingerprint density at radius 2 is 1.06 bits per heavy atom. The largest absolute Gasteiger partial charge is 0.481 e. The molecule has 3 heteroatoms. The Balaban J connectivity index is 3.43. The molecule has 0 amide bonds. The van der Waals surface area contributed by atoms with Crippen LogP contribution in [0.15, 0.2) is 12.2 Å². The molecule has 0 saturated heterocycles. The fourth-order valence-corrected chi connectivity index (χ4v) is 4.94. The zero-order valence-corrected chi connectivity index (χ0v) is 23.5. The number of hydrogen-bond acceptors (Lipinski definition) is 2. The van der Waals surface area contributed by atoms with Crippen LogP contribution >= 0.6 is 0 Å². The van der Waals surface area contributed by atoms with Gasteiger partial charge in [0.05, 0.1) is 0 Å². The number of hydrogen-bond donors (Lipinski definition) is 1. The lowest BCUT2D eigenvalue weighted by atomic mass is 9.93. The molecule has 34 heavy (non-hydrogen) atoms. The molecular formula is C31H61NO2. The normalized spacial score (nSPS) is 12.7. The topological polar surface area (TPSA) is 40.5 Å². The van der Waals surface area contributed by atoms with Gasteiger partial charge >= 0.3 is 5.97 Å². The van der Waals surface area contributed by atoms with Crippen LogP contribution in [-0.4, -0.2) is 36.6 Å². The fraction of sp³-hybridized carbons (Fsp3) is 0.903. The van der Waals surface area contributed by atoms with Crippen molar-refractivity contribution >= 4 is 5.97 Å². The number of carboxylic acids is 1. The van der Waals surface area contributed by atoms with Crippen molar-refractivity contribution in [3.63, 3.8) is 0 Å². The van der Waals surface area contributed by atoms with Gasteiger partial charge in [-0.15, -0.1) is 0 Å². The maximum atomic E-state index is 10.5. The summed E-state index contributed by atoms with van der Waals surface area (Å²) in [6.45, 7) is 3.57. The zero-order valence-electron chi connectivity index (χ0n) is 23.5. The number of unbranched alkanes of at least 4 members (excludes halogenated alkanes) is 17. The molecule has 0 aromatic carbocycles. The maximum absolute atomic E-state index is 10.5. The molecule has 0 aromatic rings. The highest BCUT2D eigenvalue weighted by Gasteiger charge is 2.09. The van der Waals surface area contributed by atoms with E-state index in [0.717, 1.165) is 18.8 Å². The first-order valence-electron chi connectivity index (χ1n) is 15.1. The lowest BCUT2D eigenvalue weighted by Crippen LogP contribution is -2.21. The van der Waals surface area contributed by atoms with Gasteiger partial charge in [0.25, 0.3) is 0 Å². The first kappa shape index (κ1) is 33.2. The summed E-state index contributed by atoms with van der Waals surface area (Å²) in [6, 6.07) is 0. The fourth-order valence-electron chi connectivity index (χ4n) is 4.94. The number of allylic oxidation sites excluding steroid dienone is 2. The molecule has 0 aliphatic carbocycles. The summed E-state index contributed by atoms with van der Waals surface area (Å²) in [5, 5.41) is 8.62. The van der Waals surface area contributed by atoms with Gasteiger partial charge in [0, 0.05) is 13.0 Å². The molecule has 1 N–H and O–H groups in total. The van der Waals surface area contributed by atoms with Crippen LogP contribution < -0.4 is 0 Å². The Bertz CT molecular complexity index is 447. The molecule has 0 bridgehead atoms. The molecule has 0 aliphatic heterocycles. The lowest BCUT2D eigenvalue weighted by molar-refractivity contribution is -0.137. The third-order valence-electron chi connectivity index (χ3n) is 7.00. The summed E-state index contributed by atoms with van der Waals surface area (Å²) in [7, 11) is 4.46. The van der Waals surface area contributed by atoms with Crippen LogP contribution in [0.25, 0.3) is 0 Å². The molecule has 0 spiro atoms. The summed E-state index contributed by atoms with van der Waals surface area (Å²) in [4.78, 5) is 12.8. The smallest absolute Gasteiger partial charge is 0.303 e. The van der Waals surface area contributed by atoms with E-state index < -0.39 is 5.97 Å². The molecular weight excluding hydrogens is 418 g/mol. The molecule has 0 saturated carbocycles. The van der Waals surface area contributed by atoms with Crippen LogP contribution in [0.1, 0.15) is 155 Å². The number of aliphatic carboxylic acids is 1. The Hall–Kier alpha value is -0.830. The summed E-state index contributed by atoms with van der Waals surface area (Å²) in [5.74, 6) is 0.249. The van der Waals surface area contributed by atoms with Crippen molar-refractivity contribution in [1.29, 1.82) is 0 Å². The monoisotopic (exact) mass is 479 g/mol. The van der Waals surface area contributed by atoms with Crippen LogP contribution in [0, 0.1) is 5.92 Å². The Morgan fingerprint density at radius 1 is 0.647 bits per heavy atom. The maximum Gasteiger partial charge on any atom is 0.303 e. The molecule has 3 nitrogen and oxygen atoms in total. The van der Waals surface area contributed by atoms with Crippen molar-refractivity contribution in [2.75, 3.05) is 20.6 Å². The predicted molar refractivity (Wildman–Crippen MR) is 151 cm³/mol. The van der Waals surface area contributed by atoms with Gasteiger partial charge in [-0.05, 0) is 65.0 Å². The second-order valence-corrected chi connectivity index (χ2v) is 10.9. The highest BCUT2D eigenvalue weighted by molar-refractivity contribution is 5.66. The molecule has 0 heterocycles. The molecule has 202 valence electrons. The molecule has 1 unspecified atom stereocenters. The summed E-state index contributed by atoms with van der Waals surface area (Å²) in [6.07, 6.45) is 34.3. The van der Waals surface area contributed by atoms with Gasteiger partial charge in [-0.25, -0.2) is 0 Å². The average molecular weight is 480 g/mol. The van der Waals surface area contributed by atoms with Crippen LogP contribution in [0.5, 0.6) is 0 Å². The Morgan fingerprint density at radius 3 is 1.50 bits per heavy atom. The first-order chi connectivity index (χ1) is 16.6. The lowest BCUT2D eigenvalue weighted by Gasteiger charge is -2.21. The van der Waals surface area contributed by atoms with Crippen molar-refractivity contribution in [2.24, 2.45) is 5.92 Å². The highest BCUT2D eigenvalue weighted by Crippen LogP contribution is 2.20. The summed E-state index contributed by atoms with van der Waals surface area (Å²) < 4.78 is 0. The number of carbonyl (C=O) groups is 1. The summed E-state index contributed by atoms with van der Waals surface area (Å²) in [5.41, 5.74) is 0. The molecule has 0 rings (SSSR count). The van der Waals surface area contributed by atoms with Crippen LogP contribution in [0.4, 0.5) is 0 Å². The van der Waals surface area contributed by atoms with Gasteiger partial charge in [0.15, 0.2) is 0 Å². The molecule has 0 aliphatic rings. The quantitative estimate of drug-likeness (QED) is 0.0941. The SMILES string of the molecule is CCCCCCCC(CCCCCCCCCC/C=C\CCCCCCCC(=O)O)CN(C)C. The van der Waals surface area contributed by atoms with Crippen LogP contribution in [0.2, 0.25) is 0 Å². The Labute approximate surface area is 214 Å². The van der Waals surface area contributed by atoms with Crippen molar-refractivity contribution < 1.29 is 9.90 Å². The minimum Gasteiger partial charge on any atom is -0.481 e. The third kappa shape index (κ3) is 27.4. The third-order valence-corrected chi connectivity index (χ3v) is 7.00. The second kappa shape index (κ2) is 26.8. The van der Waals surface area contributed by atoms with E-state index in [4.69, 9.17) is 5.11 Å². The van der Waals surface area contributed by atoms with Crippen molar-refractivity contribution in [3.8, 4) is 0 Å². The number of rotatable bonds is 27. The van der Waals surface area contributed by atoms with Gasteiger partial charge in [0.2, 0.25) is 0 Å². The van der Waals surface area contributed by atoms with Gasteiger partial charge in [0.1, 0.15) is 0 Å². The molecule has 0 fully saturated rings.